The number of pyridine rings is 1. The maximum absolute atomic E-state index is 12.6. The lowest BCUT2D eigenvalue weighted by molar-refractivity contribution is 0.102. The molecule has 4 rings (SSSR count). The van der Waals surface area contributed by atoms with Crippen LogP contribution in [0.3, 0.4) is 0 Å². The number of benzene rings is 2. The highest BCUT2D eigenvalue weighted by atomic mass is 35.5. The molecule has 6 nitrogen and oxygen atoms in total. The van der Waals surface area contributed by atoms with Crippen LogP contribution < -0.4 is 10.6 Å². The van der Waals surface area contributed by atoms with E-state index in [1.54, 1.807) is 24.5 Å². The van der Waals surface area contributed by atoms with Crippen LogP contribution >= 0.6 is 11.6 Å². The third kappa shape index (κ3) is 5.05. The van der Waals surface area contributed by atoms with Gasteiger partial charge in [0.1, 0.15) is 0 Å². The van der Waals surface area contributed by atoms with Crippen molar-refractivity contribution in [3.63, 3.8) is 0 Å². The average molecular weight is 430 g/mol. The molecule has 0 saturated heterocycles. The van der Waals surface area contributed by atoms with E-state index in [1.165, 1.54) is 0 Å². The molecule has 0 bridgehead atoms. The number of aryl methyl sites for hydroxylation is 1. The summed E-state index contributed by atoms with van der Waals surface area (Å²) < 4.78 is 0. The Balaban J connectivity index is 1.52. The van der Waals surface area contributed by atoms with E-state index in [9.17, 15) is 4.79 Å². The van der Waals surface area contributed by atoms with Crippen LogP contribution in [0.2, 0.25) is 0 Å². The Hall–Kier alpha value is -3.77. The summed E-state index contributed by atoms with van der Waals surface area (Å²) in [5, 5.41) is 6.16. The largest absolute Gasteiger partial charge is 0.324 e. The van der Waals surface area contributed by atoms with Crippen LogP contribution in [0.4, 0.5) is 17.3 Å². The van der Waals surface area contributed by atoms with Gasteiger partial charge in [-0.2, -0.15) is 0 Å². The van der Waals surface area contributed by atoms with Crippen LogP contribution in [0.5, 0.6) is 0 Å². The summed E-state index contributed by atoms with van der Waals surface area (Å²) >= 11 is 5.81. The summed E-state index contributed by atoms with van der Waals surface area (Å²) in [5.74, 6) is 0.675. The van der Waals surface area contributed by atoms with Crippen molar-refractivity contribution in [2.24, 2.45) is 0 Å². The Morgan fingerprint density at radius 3 is 2.52 bits per heavy atom. The van der Waals surface area contributed by atoms with Gasteiger partial charge in [0.25, 0.3) is 5.91 Å². The van der Waals surface area contributed by atoms with Crippen LogP contribution in [-0.4, -0.2) is 20.9 Å². The molecule has 2 N–H and O–H groups in total. The zero-order chi connectivity index (χ0) is 21.6. The summed E-state index contributed by atoms with van der Waals surface area (Å²) in [6.45, 7) is 1.97. The van der Waals surface area contributed by atoms with Crippen molar-refractivity contribution in [1.82, 2.24) is 15.0 Å². The number of alkyl halides is 1. The van der Waals surface area contributed by atoms with Crippen molar-refractivity contribution < 1.29 is 4.79 Å². The van der Waals surface area contributed by atoms with E-state index in [2.05, 4.69) is 25.6 Å². The van der Waals surface area contributed by atoms with Crippen LogP contribution in [0.15, 0.2) is 79.1 Å². The molecular formula is C24H20ClN5O. The lowest BCUT2D eigenvalue weighted by Gasteiger charge is -2.12. The average Bonchev–Trinajstić information content (AvgIpc) is 2.82. The summed E-state index contributed by atoms with van der Waals surface area (Å²) in [5.41, 5.74) is 5.49. The van der Waals surface area contributed by atoms with E-state index in [1.807, 2.05) is 61.5 Å². The highest BCUT2D eigenvalue weighted by Gasteiger charge is 2.09. The van der Waals surface area contributed by atoms with Crippen LogP contribution in [0, 0.1) is 6.92 Å². The Labute approximate surface area is 185 Å². The first-order valence-electron chi connectivity index (χ1n) is 9.71. The van der Waals surface area contributed by atoms with Crippen LogP contribution in [0.25, 0.3) is 11.4 Å². The van der Waals surface area contributed by atoms with Gasteiger partial charge in [-0.05, 0) is 60.5 Å². The van der Waals surface area contributed by atoms with Gasteiger partial charge in [0.2, 0.25) is 5.95 Å². The van der Waals surface area contributed by atoms with Crippen molar-refractivity contribution in [1.29, 1.82) is 0 Å². The number of carbonyl (C=O) groups is 1. The molecule has 0 aliphatic heterocycles. The molecule has 2 aromatic carbocycles. The Bertz CT molecular complexity index is 1200. The molecule has 1 amide bonds. The molecule has 0 spiro atoms. The second-order valence-corrected chi connectivity index (χ2v) is 7.19. The van der Waals surface area contributed by atoms with Crippen molar-refractivity contribution >= 4 is 34.8 Å². The molecule has 0 unspecified atom stereocenters. The first-order chi connectivity index (χ1) is 15.1. The lowest BCUT2D eigenvalue weighted by Crippen LogP contribution is -2.12. The topological polar surface area (TPSA) is 79.8 Å². The molecule has 2 heterocycles. The molecule has 0 fully saturated rings. The first kappa shape index (κ1) is 20.5. The predicted molar refractivity (Wildman–Crippen MR) is 124 cm³/mol. The zero-order valence-corrected chi connectivity index (χ0v) is 17.6. The number of hydrogen-bond donors (Lipinski definition) is 2. The molecule has 7 heteroatoms. The minimum absolute atomic E-state index is 0.190. The third-order valence-corrected chi connectivity index (χ3v) is 5.00. The molecular weight excluding hydrogens is 410 g/mol. The van der Waals surface area contributed by atoms with E-state index >= 15 is 0 Å². The van der Waals surface area contributed by atoms with Crippen molar-refractivity contribution in [2.45, 2.75) is 12.8 Å². The summed E-state index contributed by atoms with van der Waals surface area (Å²) in [6.07, 6.45) is 3.41. The van der Waals surface area contributed by atoms with Crippen LogP contribution in [-0.2, 0) is 5.88 Å². The molecule has 0 atom stereocenters. The molecule has 0 aliphatic rings. The summed E-state index contributed by atoms with van der Waals surface area (Å²) in [4.78, 5) is 25.8. The maximum Gasteiger partial charge on any atom is 0.255 e. The standard InChI is InChI=1S/C24H20ClN5O/c1-16-5-10-19(28-23(31)18-8-6-17(15-25)7-9-18)14-22(16)30-24-27-13-11-21(29-24)20-4-2-3-12-26-20/h2-14H,15H2,1H3,(H,28,31)(H,27,29,30). The highest BCUT2D eigenvalue weighted by Crippen LogP contribution is 2.24. The summed E-state index contributed by atoms with van der Waals surface area (Å²) in [7, 11) is 0. The first-order valence-corrected chi connectivity index (χ1v) is 10.2. The summed E-state index contributed by atoms with van der Waals surface area (Å²) in [6, 6.07) is 20.3. The number of rotatable bonds is 6. The van der Waals surface area contributed by atoms with Gasteiger partial charge in [-0.1, -0.05) is 24.3 Å². The molecule has 2 aromatic heterocycles. The number of nitrogens with zero attached hydrogens (tertiary/aromatic N) is 3. The number of carbonyl (C=O) groups excluding carboxylic acids is 1. The number of anilines is 3. The van der Waals surface area contributed by atoms with Gasteiger partial charge in [-0.15, -0.1) is 11.6 Å². The SMILES string of the molecule is Cc1ccc(NC(=O)c2ccc(CCl)cc2)cc1Nc1nccc(-c2ccccn2)n1. The van der Waals surface area contributed by atoms with Crippen molar-refractivity contribution in [3.05, 3.63) is 95.8 Å². The molecule has 31 heavy (non-hydrogen) atoms. The number of amides is 1. The van der Waals surface area contributed by atoms with Gasteiger partial charge in [0.05, 0.1) is 11.4 Å². The number of aromatic nitrogens is 3. The predicted octanol–water partition coefficient (Wildman–Crippen LogP) is 5.58. The van der Waals surface area contributed by atoms with Gasteiger partial charge in [-0.3, -0.25) is 9.78 Å². The normalized spacial score (nSPS) is 10.5. The molecule has 154 valence electrons. The monoisotopic (exact) mass is 429 g/mol. The van der Waals surface area contributed by atoms with E-state index in [0.29, 0.717) is 23.1 Å². The highest BCUT2D eigenvalue weighted by molar-refractivity contribution is 6.17. The van der Waals surface area contributed by atoms with E-state index in [0.717, 1.165) is 28.2 Å². The Kier molecular flexibility index (Phi) is 6.19. The number of halogens is 1. The van der Waals surface area contributed by atoms with Gasteiger partial charge in [0, 0.05) is 35.2 Å². The quantitative estimate of drug-likeness (QED) is 0.391. The minimum atomic E-state index is -0.190. The fraction of sp³-hybridized carbons (Fsp3) is 0.0833. The fourth-order valence-corrected chi connectivity index (χ4v) is 3.16. The van der Waals surface area contributed by atoms with Crippen molar-refractivity contribution in [3.8, 4) is 11.4 Å². The van der Waals surface area contributed by atoms with Gasteiger partial charge < -0.3 is 10.6 Å². The molecule has 4 aromatic rings. The van der Waals surface area contributed by atoms with Gasteiger partial charge >= 0.3 is 0 Å². The van der Waals surface area contributed by atoms with Gasteiger partial charge in [-0.25, -0.2) is 9.97 Å². The van der Waals surface area contributed by atoms with Crippen molar-refractivity contribution in [2.75, 3.05) is 10.6 Å². The second-order valence-electron chi connectivity index (χ2n) is 6.92. The number of hydrogen-bond acceptors (Lipinski definition) is 5. The fourth-order valence-electron chi connectivity index (χ4n) is 2.98. The lowest BCUT2D eigenvalue weighted by atomic mass is 10.1. The van der Waals surface area contributed by atoms with E-state index in [-0.39, 0.29) is 5.91 Å². The molecule has 0 aliphatic carbocycles. The maximum atomic E-state index is 12.6. The molecule has 0 radical (unpaired) electrons. The second kappa shape index (κ2) is 9.36. The third-order valence-electron chi connectivity index (χ3n) is 4.70. The van der Waals surface area contributed by atoms with E-state index in [4.69, 9.17) is 11.6 Å². The zero-order valence-electron chi connectivity index (χ0n) is 16.8. The van der Waals surface area contributed by atoms with Gasteiger partial charge in [0.15, 0.2) is 0 Å². The van der Waals surface area contributed by atoms with Crippen LogP contribution in [0.1, 0.15) is 21.5 Å². The minimum Gasteiger partial charge on any atom is -0.324 e. The Morgan fingerprint density at radius 2 is 1.77 bits per heavy atom. The Morgan fingerprint density at radius 1 is 0.935 bits per heavy atom. The van der Waals surface area contributed by atoms with E-state index < -0.39 is 0 Å². The number of nitrogens with one attached hydrogen (secondary N) is 2. The smallest absolute Gasteiger partial charge is 0.255 e. The molecule has 0 saturated carbocycles.